The smallest absolute Gasteiger partial charge is 0.246 e. The highest BCUT2D eigenvalue weighted by Gasteiger charge is 2.26. The lowest BCUT2D eigenvalue weighted by atomic mass is 10.2. The maximum atomic E-state index is 12.0. The van der Waals surface area contributed by atoms with Crippen molar-refractivity contribution < 1.29 is 14.3 Å². The van der Waals surface area contributed by atoms with Gasteiger partial charge in [0.05, 0.1) is 0 Å². The monoisotopic (exact) mass is 310 g/mol. The zero-order valence-corrected chi connectivity index (χ0v) is 12.8. The summed E-state index contributed by atoms with van der Waals surface area (Å²) in [6.45, 7) is 2.02. The van der Waals surface area contributed by atoms with Crippen molar-refractivity contribution in [2.75, 3.05) is 5.32 Å². The molecule has 0 spiro atoms. The largest absolute Gasteiger partial charge is 0.457 e. The third-order valence-electron chi connectivity index (χ3n) is 3.69. The fourth-order valence-corrected chi connectivity index (χ4v) is 2.39. The van der Waals surface area contributed by atoms with Gasteiger partial charge in [0, 0.05) is 12.1 Å². The molecule has 2 aromatic rings. The zero-order chi connectivity index (χ0) is 16.2. The van der Waals surface area contributed by atoms with Crippen molar-refractivity contribution in [3.05, 3.63) is 54.1 Å². The predicted molar refractivity (Wildman–Crippen MR) is 87.5 cm³/mol. The number of rotatable bonds is 4. The lowest BCUT2D eigenvalue weighted by Crippen LogP contribution is -2.37. The summed E-state index contributed by atoms with van der Waals surface area (Å²) in [6.07, 6.45) is 0.945. The van der Waals surface area contributed by atoms with Crippen molar-refractivity contribution >= 4 is 17.5 Å². The summed E-state index contributed by atoms with van der Waals surface area (Å²) < 4.78 is 5.74. The van der Waals surface area contributed by atoms with Gasteiger partial charge in [-0.1, -0.05) is 17.7 Å². The highest BCUT2D eigenvalue weighted by molar-refractivity contribution is 5.98. The van der Waals surface area contributed by atoms with Gasteiger partial charge in [-0.2, -0.15) is 0 Å². The molecule has 0 aliphatic carbocycles. The van der Waals surface area contributed by atoms with Gasteiger partial charge in [-0.25, -0.2) is 0 Å². The van der Waals surface area contributed by atoms with Gasteiger partial charge in [-0.3, -0.25) is 9.59 Å². The molecule has 0 bridgehead atoms. The van der Waals surface area contributed by atoms with E-state index in [1.807, 2.05) is 31.2 Å². The van der Waals surface area contributed by atoms with Crippen LogP contribution in [-0.2, 0) is 9.59 Å². The molecule has 1 aliphatic heterocycles. The van der Waals surface area contributed by atoms with Crippen LogP contribution in [0.15, 0.2) is 48.5 Å². The second kappa shape index (κ2) is 6.52. The third-order valence-corrected chi connectivity index (χ3v) is 3.69. The predicted octanol–water partition coefficient (Wildman–Crippen LogP) is 3.00. The summed E-state index contributed by atoms with van der Waals surface area (Å²) in [5.74, 6) is 1.19. The molecule has 23 heavy (non-hydrogen) atoms. The number of hydrogen-bond acceptors (Lipinski definition) is 3. The lowest BCUT2D eigenvalue weighted by Gasteiger charge is -2.11. The summed E-state index contributed by atoms with van der Waals surface area (Å²) in [7, 11) is 0. The van der Waals surface area contributed by atoms with E-state index in [9.17, 15) is 9.59 Å². The summed E-state index contributed by atoms with van der Waals surface area (Å²) in [6, 6.07) is 14.5. The molecular formula is C18H18N2O3. The van der Waals surface area contributed by atoms with E-state index in [0.717, 1.165) is 5.75 Å². The standard InChI is InChI=1S/C18H18N2O3/c1-12-2-6-14(7-3-12)23-15-8-4-13(5-9-15)19-18(22)16-10-11-17(21)20-16/h2-9,16H,10-11H2,1H3,(H,19,22)(H,20,21). The summed E-state index contributed by atoms with van der Waals surface area (Å²) in [4.78, 5) is 23.2. The van der Waals surface area contributed by atoms with Crippen LogP contribution in [0.25, 0.3) is 0 Å². The Labute approximate surface area is 134 Å². The fourth-order valence-electron chi connectivity index (χ4n) is 2.39. The van der Waals surface area contributed by atoms with Crippen molar-refractivity contribution in [3.8, 4) is 11.5 Å². The fraction of sp³-hybridized carbons (Fsp3) is 0.222. The molecule has 1 aliphatic rings. The topological polar surface area (TPSA) is 67.4 Å². The quantitative estimate of drug-likeness (QED) is 0.912. The SMILES string of the molecule is Cc1ccc(Oc2ccc(NC(=O)C3CCC(=O)N3)cc2)cc1. The average Bonchev–Trinajstić information content (AvgIpc) is 2.98. The Balaban J connectivity index is 1.59. The molecule has 2 N–H and O–H groups in total. The van der Waals surface area contributed by atoms with Crippen molar-refractivity contribution in [1.82, 2.24) is 5.32 Å². The first-order valence-corrected chi connectivity index (χ1v) is 7.55. The molecule has 0 aromatic heterocycles. The molecule has 5 heteroatoms. The average molecular weight is 310 g/mol. The van der Waals surface area contributed by atoms with Gasteiger partial charge in [0.1, 0.15) is 17.5 Å². The molecule has 118 valence electrons. The van der Waals surface area contributed by atoms with Gasteiger partial charge in [-0.05, 0) is 49.7 Å². The second-order valence-corrected chi connectivity index (χ2v) is 5.59. The van der Waals surface area contributed by atoms with Crippen LogP contribution in [0.4, 0.5) is 5.69 Å². The first-order chi connectivity index (χ1) is 11.1. The molecule has 1 heterocycles. The minimum absolute atomic E-state index is 0.0769. The first-order valence-electron chi connectivity index (χ1n) is 7.55. The molecule has 2 amide bonds. The number of carbonyl (C=O) groups is 2. The van der Waals surface area contributed by atoms with Gasteiger partial charge in [0.2, 0.25) is 11.8 Å². The van der Waals surface area contributed by atoms with Gasteiger partial charge in [-0.15, -0.1) is 0 Å². The zero-order valence-electron chi connectivity index (χ0n) is 12.8. The van der Waals surface area contributed by atoms with E-state index in [1.165, 1.54) is 5.56 Å². The molecular weight excluding hydrogens is 292 g/mol. The summed E-state index contributed by atoms with van der Waals surface area (Å²) in [5.41, 5.74) is 1.85. The maximum absolute atomic E-state index is 12.0. The molecule has 2 aromatic carbocycles. The number of ether oxygens (including phenoxy) is 1. The molecule has 5 nitrogen and oxygen atoms in total. The van der Waals surface area contributed by atoms with E-state index in [1.54, 1.807) is 24.3 Å². The van der Waals surface area contributed by atoms with Crippen LogP contribution in [-0.4, -0.2) is 17.9 Å². The number of amides is 2. The molecule has 1 atom stereocenters. The molecule has 3 rings (SSSR count). The minimum atomic E-state index is -0.439. The Morgan fingerprint density at radius 1 is 1.09 bits per heavy atom. The van der Waals surface area contributed by atoms with E-state index < -0.39 is 6.04 Å². The molecule has 1 fully saturated rings. The Kier molecular flexibility index (Phi) is 4.28. The lowest BCUT2D eigenvalue weighted by molar-refractivity contribution is -0.122. The first kappa shape index (κ1) is 15.1. The summed E-state index contributed by atoms with van der Waals surface area (Å²) >= 11 is 0. The van der Waals surface area contributed by atoms with Crippen molar-refractivity contribution in [2.45, 2.75) is 25.8 Å². The highest BCUT2D eigenvalue weighted by Crippen LogP contribution is 2.23. The second-order valence-electron chi connectivity index (χ2n) is 5.59. The number of nitrogens with one attached hydrogen (secondary N) is 2. The Morgan fingerprint density at radius 3 is 2.26 bits per heavy atom. The van der Waals surface area contributed by atoms with E-state index in [2.05, 4.69) is 10.6 Å². The Hall–Kier alpha value is -2.82. The van der Waals surface area contributed by atoms with Crippen LogP contribution < -0.4 is 15.4 Å². The van der Waals surface area contributed by atoms with E-state index >= 15 is 0 Å². The van der Waals surface area contributed by atoms with Crippen LogP contribution in [0, 0.1) is 6.92 Å². The molecule has 1 unspecified atom stereocenters. The molecule has 1 saturated heterocycles. The van der Waals surface area contributed by atoms with E-state index in [4.69, 9.17) is 4.74 Å². The van der Waals surface area contributed by atoms with Gasteiger partial charge in [0.25, 0.3) is 0 Å². The number of anilines is 1. The van der Waals surface area contributed by atoms with Crippen LogP contribution in [0.2, 0.25) is 0 Å². The number of benzene rings is 2. The van der Waals surface area contributed by atoms with Gasteiger partial charge >= 0.3 is 0 Å². The van der Waals surface area contributed by atoms with Crippen LogP contribution in [0.5, 0.6) is 11.5 Å². The van der Waals surface area contributed by atoms with E-state index in [0.29, 0.717) is 24.3 Å². The third kappa shape index (κ3) is 3.88. The number of aryl methyl sites for hydroxylation is 1. The minimum Gasteiger partial charge on any atom is -0.457 e. The van der Waals surface area contributed by atoms with Crippen LogP contribution >= 0.6 is 0 Å². The van der Waals surface area contributed by atoms with Crippen LogP contribution in [0.3, 0.4) is 0 Å². The number of hydrogen-bond donors (Lipinski definition) is 2. The number of carbonyl (C=O) groups excluding carboxylic acids is 2. The maximum Gasteiger partial charge on any atom is 0.246 e. The Bertz CT molecular complexity index is 708. The normalized spacial score (nSPS) is 16.7. The summed E-state index contributed by atoms with van der Waals surface area (Å²) in [5, 5.41) is 5.44. The highest BCUT2D eigenvalue weighted by atomic mass is 16.5. The van der Waals surface area contributed by atoms with Crippen LogP contribution in [0.1, 0.15) is 18.4 Å². The molecule has 0 saturated carbocycles. The van der Waals surface area contributed by atoms with Crippen molar-refractivity contribution in [2.24, 2.45) is 0 Å². The van der Waals surface area contributed by atoms with Crippen molar-refractivity contribution in [1.29, 1.82) is 0 Å². The van der Waals surface area contributed by atoms with Gasteiger partial charge < -0.3 is 15.4 Å². The van der Waals surface area contributed by atoms with Crippen molar-refractivity contribution in [3.63, 3.8) is 0 Å². The molecule has 0 radical (unpaired) electrons. The van der Waals surface area contributed by atoms with E-state index in [-0.39, 0.29) is 11.8 Å². The Morgan fingerprint density at radius 2 is 1.70 bits per heavy atom. The van der Waals surface area contributed by atoms with Gasteiger partial charge in [0.15, 0.2) is 0 Å².